The second-order valence-corrected chi connectivity index (χ2v) is 5.40. The summed E-state index contributed by atoms with van der Waals surface area (Å²) < 4.78 is 0. The molecule has 0 unspecified atom stereocenters. The summed E-state index contributed by atoms with van der Waals surface area (Å²) in [5.41, 5.74) is 10.4. The molecule has 1 aliphatic rings. The Labute approximate surface area is 109 Å². The molecule has 0 aliphatic heterocycles. The molecule has 1 heteroatoms. The maximum Gasteiger partial charge on any atom is -0.00173 e. The van der Waals surface area contributed by atoms with E-state index in [0.717, 1.165) is 13.0 Å². The lowest BCUT2D eigenvalue weighted by Gasteiger charge is -2.15. The van der Waals surface area contributed by atoms with Crippen LogP contribution >= 0.6 is 0 Å². The van der Waals surface area contributed by atoms with Crippen LogP contribution in [0.1, 0.15) is 18.4 Å². The summed E-state index contributed by atoms with van der Waals surface area (Å²) in [6.07, 6.45) is 3.69. The zero-order chi connectivity index (χ0) is 12.4. The van der Waals surface area contributed by atoms with Gasteiger partial charge in [0.15, 0.2) is 0 Å². The van der Waals surface area contributed by atoms with E-state index >= 15 is 0 Å². The molecule has 0 saturated heterocycles. The van der Waals surface area contributed by atoms with Gasteiger partial charge in [-0.2, -0.15) is 0 Å². The van der Waals surface area contributed by atoms with Crippen molar-refractivity contribution in [1.82, 2.24) is 0 Å². The average Bonchev–Trinajstić information content (AvgIpc) is 3.21. The van der Waals surface area contributed by atoms with Crippen molar-refractivity contribution in [3.63, 3.8) is 0 Å². The molecule has 0 aromatic heterocycles. The normalized spacial score (nSPS) is 16.5. The van der Waals surface area contributed by atoms with Crippen LogP contribution in [0, 0.1) is 5.41 Å². The van der Waals surface area contributed by atoms with Crippen molar-refractivity contribution < 1.29 is 0 Å². The van der Waals surface area contributed by atoms with E-state index in [1.165, 1.54) is 29.5 Å². The van der Waals surface area contributed by atoms with E-state index in [1.807, 2.05) is 0 Å². The van der Waals surface area contributed by atoms with Gasteiger partial charge in [0.1, 0.15) is 0 Å². The summed E-state index contributed by atoms with van der Waals surface area (Å²) >= 11 is 0. The van der Waals surface area contributed by atoms with Crippen molar-refractivity contribution in [1.29, 1.82) is 0 Å². The second kappa shape index (κ2) is 4.58. The van der Waals surface area contributed by atoms with Gasteiger partial charge >= 0.3 is 0 Å². The van der Waals surface area contributed by atoms with E-state index in [4.69, 9.17) is 5.73 Å². The highest BCUT2D eigenvalue weighted by Gasteiger charge is 2.41. The van der Waals surface area contributed by atoms with Crippen LogP contribution in [0.3, 0.4) is 0 Å². The van der Waals surface area contributed by atoms with Crippen molar-refractivity contribution in [3.05, 3.63) is 60.2 Å². The fraction of sp³-hybridized carbons (Fsp3) is 0.294. The Balaban J connectivity index is 1.96. The highest BCUT2D eigenvalue weighted by molar-refractivity contribution is 5.67. The summed E-state index contributed by atoms with van der Waals surface area (Å²) in [6.45, 7) is 0.816. The molecular formula is C17H19N. The Morgan fingerprint density at radius 1 is 0.889 bits per heavy atom. The molecule has 18 heavy (non-hydrogen) atoms. The van der Waals surface area contributed by atoms with Gasteiger partial charge in [-0.1, -0.05) is 54.6 Å². The lowest BCUT2D eigenvalue weighted by molar-refractivity contribution is 0.522. The molecule has 2 N–H and O–H groups in total. The summed E-state index contributed by atoms with van der Waals surface area (Å²) in [4.78, 5) is 0. The minimum Gasteiger partial charge on any atom is -0.330 e. The summed E-state index contributed by atoms with van der Waals surface area (Å²) in [6, 6.07) is 19.3. The van der Waals surface area contributed by atoms with Crippen molar-refractivity contribution >= 4 is 0 Å². The number of hydrogen-bond donors (Lipinski definition) is 1. The minimum absolute atomic E-state index is 0.394. The second-order valence-electron chi connectivity index (χ2n) is 5.40. The first-order valence-corrected chi connectivity index (χ1v) is 6.66. The summed E-state index contributed by atoms with van der Waals surface area (Å²) in [5.74, 6) is 0. The molecule has 0 atom stereocenters. The average molecular weight is 237 g/mol. The molecule has 1 nitrogen and oxygen atoms in total. The Hall–Kier alpha value is -1.60. The molecule has 1 fully saturated rings. The molecule has 0 heterocycles. The van der Waals surface area contributed by atoms with Gasteiger partial charge < -0.3 is 5.73 Å². The van der Waals surface area contributed by atoms with E-state index in [2.05, 4.69) is 54.6 Å². The predicted octanol–water partition coefficient (Wildman–Crippen LogP) is 3.64. The predicted molar refractivity (Wildman–Crippen MR) is 76.3 cm³/mol. The third-order valence-corrected chi connectivity index (χ3v) is 4.06. The maximum absolute atomic E-state index is 5.91. The molecular weight excluding hydrogens is 218 g/mol. The Bertz CT molecular complexity index is 526. The Kier molecular flexibility index (Phi) is 2.92. The molecule has 1 aliphatic carbocycles. The van der Waals surface area contributed by atoms with Crippen LogP contribution in [0.25, 0.3) is 11.1 Å². The van der Waals surface area contributed by atoms with Gasteiger partial charge in [0.05, 0.1) is 0 Å². The van der Waals surface area contributed by atoms with Crippen molar-refractivity contribution in [2.45, 2.75) is 19.3 Å². The standard InChI is InChI=1S/C17H19N/c18-13-17(10-11-17)12-15-8-4-5-9-16(15)14-6-2-1-3-7-14/h1-9H,10-13,18H2. The minimum atomic E-state index is 0.394. The summed E-state index contributed by atoms with van der Waals surface area (Å²) in [7, 11) is 0. The molecule has 0 radical (unpaired) electrons. The van der Waals surface area contributed by atoms with Crippen LogP contribution in [0.5, 0.6) is 0 Å². The van der Waals surface area contributed by atoms with Crippen LogP contribution in [0.15, 0.2) is 54.6 Å². The van der Waals surface area contributed by atoms with Crippen molar-refractivity contribution in [2.24, 2.45) is 11.1 Å². The van der Waals surface area contributed by atoms with Gasteiger partial charge in [-0.3, -0.25) is 0 Å². The molecule has 2 aromatic carbocycles. The fourth-order valence-electron chi connectivity index (χ4n) is 2.61. The van der Waals surface area contributed by atoms with E-state index in [-0.39, 0.29) is 0 Å². The SMILES string of the molecule is NCC1(Cc2ccccc2-c2ccccc2)CC1. The Morgan fingerprint density at radius 2 is 1.56 bits per heavy atom. The third-order valence-electron chi connectivity index (χ3n) is 4.06. The van der Waals surface area contributed by atoms with Gasteiger partial charge in [0, 0.05) is 0 Å². The lowest BCUT2D eigenvalue weighted by Crippen LogP contribution is -2.18. The van der Waals surface area contributed by atoms with Gasteiger partial charge in [-0.25, -0.2) is 0 Å². The van der Waals surface area contributed by atoms with Gasteiger partial charge in [-0.05, 0) is 47.9 Å². The first-order chi connectivity index (χ1) is 8.83. The fourth-order valence-corrected chi connectivity index (χ4v) is 2.61. The van der Waals surface area contributed by atoms with Gasteiger partial charge in [-0.15, -0.1) is 0 Å². The third kappa shape index (κ3) is 2.19. The van der Waals surface area contributed by atoms with E-state index in [0.29, 0.717) is 5.41 Å². The first-order valence-electron chi connectivity index (χ1n) is 6.66. The number of rotatable bonds is 4. The molecule has 0 bridgehead atoms. The summed E-state index contributed by atoms with van der Waals surface area (Å²) in [5, 5.41) is 0. The van der Waals surface area contributed by atoms with Gasteiger partial charge in [0.25, 0.3) is 0 Å². The van der Waals surface area contributed by atoms with Gasteiger partial charge in [0.2, 0.25) is 0 Å². The zero-order valence-electron chi connectivity index (χ0n) is 10.6. The topological polar surface area (TPSA) is 26.0 Å². The number of benzene rings is 2. The number of nitrogens with two attached hydrogens (primary N) is 1. The highest BCUT2D eigenvalue weighted by atomic mass is 14.6. The van der Waals surface area contributed by atoms with E-state index < -0.39 is 0 Å². The van der Waals surface area contributed by atoms with Crippen LogP contribution in [0.2, 0.25) is 0 Å². The largest absolute Gasteiger partial charge is 0.330 e. The van der Waals surface area contributed by atoms with Crippen LogP contribution in [-0.4, -0.2) is 6.54 Å². The monoisotopic (exact) mass is 237 g/mol. The zero-order valence-corrected chi connectivity index (χ0v) is 10.6. The lowest BCUT2D eigenvalue weighted by atomic mass is 9.90. The quantitative estimate of drug-likeness (QED) is 0.863. The molecule has 92 valence electrons. The molecule has 3 rings (SSSR count). The maximum atomic E-state index is 5.91. The molecule has 2 aromatic rings. The highest BCUT2D eigenvalue weighted by Crippen LogP contribution is 2.48. The first kappa shape index (κ1) is 11.5. The smallest absolute Gasteiger partial charge is 0.00173 e. The molecule has 1 saturated carbocycles. The van der Waals surface area contributed by atoms with Crippen molar-refractivity contribution in [3.8, 4) is 11.1 Å². The Morgan fingerprint density at radius 3 is 2.22 bits per heavy atom. The van der Waals surface area contributed by atoms with Crippen LogP contribution in [-0.2, 0) is 6.42 Å². The van der Waals surface area contributed by atoms with Crippen LogP contribution in [0.4, 0.5) is 0 Å². The van der Waals surface area contributed by atoms with Crippen molar-refractivity contribution in [2.75, 3.05) is 6.54 Å². The molecule has 0 spiro atoms. The van der Waals surface area contributed by atoms with E-state index in [1.54, 1.807) is 0 Å². The molecule has 0 amide bonds. The van der Waals surface area contributed by atoms with Crippen LogP contribution < -0.4 is 5.73 Å². The van der Waals surface area contributed by atoms with E-state index in [9.17, 15) is 0 Å². The number of hydrogen-bond acceptors (Lipinski definition) is 1.